The van der Waals surface area contributed by atoms with Crippen molar-refractivity contribution >= 4 is 5.97 Å². The molecule has 0 atom stereocenters. The minimum absolute atomic E-state index is 0.186. The van der Waals surface area contributed by atoms with E-state index in [4.69, 9.17) is 9.47 Å². The molecule has 0 bridgehead atoms. The summed E-state index contributed by atoms with van der Waals surface area (Å²) in [5.41, 5.74) is 2.03. The van der Waals surface area contributed by atoms with Crippen LogP contribution in [0.25, 0.3) is 0 Å². The van der Waals surface area contributed by atoms with Crippen molar-refractivity contribution in [2.45, 2.75) is 39.9 Å². The zero-order chi connectivity index (χ0) is 12.7. The Morgan fingerprint density at radius 1 is 1.24 bits per heavy atom. The van der Waals surface area contributed by atoms with E-state index >= 15 is 0 Å². The molecule has 3 heteroatoms. The summed E-state index contributed by atoms with van der Waals surface area (Å²) in [6.07, 6.45) is 0.497. The van der Waals surface area contributed by atoms with Crippen LogP contribution in [0.15, 0.2) is 24.3 Å². The third-order valence-corrected chi connectivity index (χ3v) is 2.33. The molecule has 0 radical (unpaired) electrons. The molecule has 1 aromatic rings. The van der Waals surface area contributed by atoms with Gasteiger partial charge in [0, 0.05) is 0 Å². The average Bonchev–Trinajstić information content (AvgIpc) is 2.28. The zero-order valence-electron chi connectivity index (χ0n) is 10.7. The lowest BCUT2D eigenvalue weighted by molar-refractivity contribution is -0.142. The molecule has 0 aliphatic rings. The molecule has 0 saturated carbocycles. The van der Waals surface area contributed by atoms with Crippen molar-refractivity contribution < 1.29 is 14.3 Å². The molecule has 0 spiro atoms. The van der Waals surface area contributed by atoms with Crippen molar-refractivity contribution in [3.63, 3.8) is 0 Å². The van der Waals surface area contributed by atoms with Crippen molar-refractivity contribution in [2.75, 3.05) is 6.61 Å². The standard InChI is InChI=1S/C14H20O3/c1-4-16-14(15)9-12-7-5-6-8-13(12)10-17-11(2)3/h5-8,11H,4,9-10H2,1-3H3. The number of carbonyl (C=O) groups excluding carboxylic acids is 1. The number of hydrogen-bond acceptors (Lipinski definition) is 3. The van der Waals surface area contributed by atoms with Gasteiger partial charge < -0.3 is 9.47 Å². The van der Waals surface area contributed by atoms with E-state index in [0.717, 1.165) is 11.1 Å². The first-order chi connectivity index (χ1) is 8.13. The SMILES string of the molecule is CCOC(=O)Cc1ccccc1COC(C)C. The predicted octanol–water partition coefficient (Wildman–Crippen LogP) is 2.72. The highest BCUT2D eigenvalue weighted by molar-refractivity contribution is 5.73. The van der Waals surface area contributed by atoms with Crippen LogP contribution in [0, 0.1) is 0 Å². The monoisotopic (exact) mass is 236 g/mol. The van der Waals surface area contributed by atoms with Gasteiger partial charge in [-0.3, -0.25) is 4.79 Å². The van der Waals surface area contributed by atoms with Gasteiger partial charge in [0.1, 0.15) is 0 Å². The first kappa shape index (κ1) is 13.7. The molecule has 0 amide bonds. The third kappa shape index (κ3) is 5.00. The lowest BCUT2D eigenvalue weighted by Gasteiger charge is -2.11. The first-order valence-corrected chi connectivity index (χ1v) is 5.97. The lowest BCUT2D eigenvalue weighted by atomic mass is 10.1. The first-order valence-electron chi connectivity index (χ1n) is 5.97. The van der Waals surface area contributed by atoms with Gasteiger partial charge in [0.25, 0.3) is 0 Å². The Hall–Kier alpha value is -1.35. The molecule has 0 aliphatic carbocycles. The van der Waals surface area contributed by atoms with Crippen LogP contribution in [-0.4, -0.2) is 18.7 Å². The molecule has 1 aromatic carbocycles. The molecule has 0 unspecified atom stereocenters. The third-order valence-electron chi connectivity index (χ3n) is 2.33. The number of carbonyl (C=O) groups is 1. The van der Waals surface area contributed by atoms with Gasteiger partial charge in [-0.15, -0.1) is 0 Å². The minimum Gasteiger partial charge on any atom is -0.466 e. The van der Waals surface area contributed by atoms with Gasteiger partial charge in [0.05, 0.1) is 25.7 Å². The van der Waals surface area contributed by atoms with Crippen LogP contribution in [0.3, 0.4) is 0 Å². The van der Waals surface area contributed by atoms with Gasteiger partial charge in [-0.1, -0.05) is 24.3 Å². The zero-order valence-corrected chi connectivity index (χ0v) is 10.7. The number of esters is 1. The maximum absolute atomic E-state index is 11.4. The van der Waals surface area contributed by atoms with Gasteiger partial charge in [0.2, 0.25) is 0 Å². The van der Waals surface area contributed by atoms with Crippen LogP contribution in [0.1, 0.15) is 31.9 Å². The Balaban J connectivity index is 2.67. The summed E-state index contributed by atoms with van der Waals surface area (Å²) < 4.78 is 10.5. The fraction of sp³-hybridized carbons (Fsp3) is 0.500. The van der Waals surface area contributed by atoms with Crippen molar-refractivity contribution in [3.05, 3.63) is 35.4 Å². The van der Waals surface area contributed by atoms with Crippen LogP contribution in [0.2, 0.25) is 0 Å². The van der Waals surface area contributed by atoms with E-state index in [-0.39, 0.29) is 12.1 Å². The number of hydrogen-bond donors (Lipinski definition) is 0. The second kappa shape index (κ2) is 7.07. The van der Waals surface area contributed by atoms with E-state index in [1.54, 1.807) is 0 Å². The molecule has 0 saturated heterocycles. The molecular weight excluding hydrogens is 216 g/mol. The van der Waals surface area contributed by atoms with E-state index in [1.807, 2.05) is 45.0 Å². The Morgan fingerprint density at radius 2 is 1.88 bits per heavy atom. The number of ether oxygens (including phenoxy) is 2. The van der Waals surface area contributed by atoms with Gasteiger partial charge in [-0.2, -0.15) is 0 Å². The Bertz CT molecular complexity index is 358. The summed E-state index contributed by atoms with van der Waals surface area (Å²) in [5.74, 6) is -0.190. The maximum atomic E-state index is 11.4. The minimum atomic E-state index is -0.190. The lowest BCUT2D eigenvalue weighted by Crippen LogP contribution is -2.10. The quantitative estimate of drug-likeness (QED) is 0.712. The van der Waals surface area contributed by atoms with E-state index in [0.29, 0.717) is 19.6 Å². The largest absolute Gasteiger partial charge is 0.466 e. The van der Waals surface area contributed by atoms with Crippen LogP contribution in [-0.2, 0) is 27.3 Å². The molecular formula is C14H20O3. The highest BCUT2D eigenvalue weighted by atomic mass is 16.5. The van der Waals surface area contributed by atoms with Crippen molar-refractivity contribution in [3.8, 4) is 0 Å². The van der Waals surface area contributed by atoms with Gasteiger partial charge in [0.15, 0.2) is 0 Å². The van der Waals surface area contributed by atoms with Crippen LogP contribution in [0.5, 0.6) is 0 Å². The molecule has 1 rings (SSSR count). The summed E-state index contributed by atoms with van der Waals surface area (Å²) in [7, 11) is 0. The fourth-order valence-electron chi connectivity index (χ4n) is 1.49. The highest BCUT2D eigenvalue weighted by Crippen LogP contribution is 2.12. The van der Waals surface area contributed by atoms with Crippen LogP contribution in [0.4, 0.5) is 0 Å². The topological polar surface area (TPSA) is 35.5 Å². The fourth-order valence-corrected chi connectivity index (χ4v) is 1.49. The van der Waals surface area contributed by atoms with Crippen molar-refractivity contribution in [1.29, 1.82) is 0 Å². The molecule has 0 heterocycles. The summed E-state index contributed by atoms with van der Waals surface area (Å²) >= 11 is 0. The van der Waals surface area contributed by atoms with Gasteiger partial charge in [-0.05, 0) is 31.9 Å². The molecule has 0 aliphatic heterocycles. The molecule has 0 N–H and O–H groups in total. The Kier molecular flexibility index (Phi) is 5.70. The molecule has 0 aromatic heterocycles. The average molecular weight is 236 g/mol. The molecule has 3 nitrogen and oxygen atoms in total. The normalized spacial score (nSPS) is 10.6. The maximum Gasteiger partial charge on any atom is 0.310 e. The summed E-state index contributed by atoms with van der Waals surface area (Å²) in [6.45, 7) is 6.75. The second-order valence-corrected chi connectivity index (χ2v) is 4.11. The molecule has 17 heavy (non-hydrogen) atoms. The Morgan fingerprint density at radius 3 is 2.47 bits per heavy atom. The van der Waals surface area contributed by atoms with E-state index in [9.17, 15) is 4.79 Å². The number of benzene rings is 1. The van der Waals surface area contributed by atoms with Crippen LogP contribution >= 0.6 is 0 Å². The van der Waals surface area contributed by atoms with E-state index in [1.165, 1.54) is 0 Å². The highest BCUT2D eigenvalue weighted by Gasteiger charge is 2.08. The smallest absolute Gasteiger partial charge is 0.310 e. The van der Waals surface area contributed by atoms with E-state index < -0.39 is 0 Å². The molecule has 94 valence electrons. The second-order valence-electron chi connectivity index (χ2n) is 4.11. The predicted molar refractivity (Wildman–Crippen MR) is 66.7 cm³/mol. The Labute approximate surface area is 103 Å². The summed E-state index contributed by atoms with van der Waals surface area (Å²) in [5, 5.41) is 0. The summed E-state index contributed by atoms with van der Waals surface area (Å²) in [6, 6.07) is 7.80. The van der Waals surface area contributed by atoms with Gasteiger partial charge >= 0.3 is 5.97 Å². The van der Waals surface area contributed by atoms with Gasteiger partial charge in [-0.25, -0.2) is 0 Å². The number of rotatable bonds is 6. The van der Waals surface area contributed by atoms with Crippen molar-refractivity contribution in [2.24, 2.45) is 0 Å². The van der Waals surface area contributed by atoms with Crippen molar-refractivity contribution in [1.82, 2.24) is 0 Å². The van der Waals surface area contributed by atoms with Crippen LogP contribution < -0.4 is 0 Å². The summed E-state index contributed by atoms with van der Waals surface area (Å²) in [4.78, 5) is 11.4. The molecule has 0 fully saturated rings. The van der Waals surface area contributed by atoms with E-state index in [2.05, 4.69) is 0 Å².